The summed E-state index contributed by atoms with van der Waals surface area (Å²) in [4.78, 5) is 28.3. The number of para-hydroxylation sites is 1. The van der Waals surface area contributed by atoms with Crippen molar-refractivity contribution in [3.05, 3.63) is 88.3 Å². The number of amides is 2. The predicted octanol–water partition coefficient (Wildman–Crippen LogP) is 5.88. The number of rotatable bonds is 8. The first-order valence-electron chi connectivity index (χ1n) is 10.6. The van der Waals surface area contributed by atoms with Gasteiger partial charge in [0.25, 0.3) is 11.8 Å². The molecule has 4 aromatic rings. The molecule has 0 bridgehead atoms. The molecule has 7 nitrogen and oxygen atoms in total. The highest BCUT2D eigenvalue weighted by atomic mass is 32.1. The van der Waals surface area contributed by atoms with E-state index in [-0.39, 0.29) is 38.7 Å². The highest BCUT2D eigenvalue weighted by Gasteiger charge is 2.34. The van der Waals surface area contributed by atoms with Gasteiger partial charge in [0.15, 0.2) is 5.76 Å². The number of anilines is 1. The number of hydrogen-bond donors (Lipinski definition) is 2. The van der Waals surface area contributed by atoms with E-state index in [4.69, 9.17) is 14.9 Å². The number of benzene rings is 1. The molecule has 0 radical (unpaired) electrons. The topological polar surface area (TPSA) is 107 Å². The van der Waals surface area contributed by atoms with E-state index >= 15 is 0 Å². The molecule has 2 amide bonds. The minimum atomic E-state index is -4.67. The Balaban J connectivity index is 1.57. The number of nitrogens with two attached hydrogens (primary N) is 1. The van der Waals surface area contributed by atoms with Crippen molar-refractivity contribution in [2.45, 2.75) is 26.1 Å². The third kappa shape index (κ3) is 5.10. The average molecular weight is 516 g/mol. The van der Waals surface area contributed by atoms with Crippen molar-refractivity contribution in [2.24, 2.45) is 5.73 Å². The number of thiophene rings is 1. The number of fused-ring (bicyclic) bond motifs is 1. The van der Waals surface area contributed by atoms with Crippen molar-refractivity contribution >= 4 is 39.1 Å². The fourth-order valence-corrected chi connectivity index (χ4v) is 4.65. The Morgan fingerprint density at radius 2 is 2.00 bits per heavy atom. The third-order valence-corrected chi connectivity index (χ3v) is 6.30. The summed E-state index contributed by atoms with van der Waals surface area (Å²) in [6.45, 7) is 5.21. The molecule has 186 valence electrons. The number of halogens is 3. The average Bonchev–Trinajstić information content (AvgIpc) is 3.43. The molecule has 36 heavy (non-hydrogen) atoms. The standard InChI is InChI=1S/C25H20F3N3O4S/c1-3-6-14-7-4-5-8-16(14)34-12-15-9-10-17(35-15)23(33)31-20-19-13(2)11-18(25(26,27)28)30-24(19)36-21(20)22(29)32/h3-5,7-11H,1,6,12H2,2H3,(H2,29,32)(H,31,33). The first-order valence-corrected chi connectivity index (χ1v) is 11.4. The van der Waals surface area contributed by atoms with Crippen molar-refractivity contribution in [1.29, 1.82) is 0 Å². The van der Waals surface area contributed by atoms with Crippen LogP contribution in [0.4, 0.5) is 18.9 Å². The summed E-state index contributed by atoms with van der Waals surface area (Å²) in [6, 6.07) is 11.3. The second-order valence-electron chi connectivity index (χ2n) is 7.78. The lowest BCUT2D eigenvalue weighted by Crippen LogP contribution is -2.16. The van der Waals surface area contributed by atoms with E-state index in [0.717, 1.165) is 11.6 Å². The summed E-state index contributed by atoms with van der Waals surface area (Å²) < 4.78 is 50.9. The maximum atomic E-state index is 13.2. The predicted molar refractivity (Wildman–Crippen MR) is 129 cm³/mol. The summed E-state index contributed by atoms with van der Waals surface area (Å²) in [5.41, 5.74) is 5.43. The maximum Gasteiger partial charge on any atom is 0.433 e. The Kier molecular flexibility index (Phi) is 6.84. The maximum absolute atomic E-state index is 13.2. The van der Waals surface area contributed by atoms with Crippen LogP contribution in [0.1, 0.15) is 42.8 Å². The van der Waals surface area contributed by atoms with Gasteiger partial charge in [0, 0.05) is 5.39 Å². The van der Waals surface area contributed by atoms with Crippen LogP contribution in [0.5, 0.6) is 5.75 Å². The molecular formula is C25H20F3N3O4S. The molecule has 0 aliphatic heterocycles. The number of ether oxygens (including phenoxy) is 1. The SMILES string of the molecule is C=CCc1ccccc1OCc1ccc(C(=O)Nc2c(C(N)=O)sc3nc(C(F)(F)F)cc(C)c23)o1. The molecule has 0 aliphatic rings. The molecular weight excluding hydrogens is 495 g/mol. The van der Waals surface area contributed by atoms with Crippen LogP contribution in [-0.2, 0) is 19.2 Å². The molecule has 3 aromatic heterocycles. The lowest BCUT2D eigenvalue weighted by Gasteiger charge is -2.09. The summed E-state index contributed by atoms with van der Waals surface area (Å²) in [5.74, 6) is -0.688. The molecule has 1 aromatic carbocycles. The van der Waals surface area contributed by atoms with Crippen LogP contribution in [0.15, 0.2) is 59.5 Å². The van der Waals surface area contributed by atoms with Gasteiger partial charge in [-0.3, -0.25) is 9.59 Å². The van der Waals surface area contributed by atoms with E-state index in [1.165, 1.54) is 13.0 Å². The number of nitrogens with one attached hydrogen (secondary N) is 1. The third-order valence-electron chi connectivity index (χ3n) is 5.20. The van der Waals surface area contributed by atoms with Gasteiger partial charge in [-0.1, -0.05) is 24.3 Å². The lowest BCUT2D eigenvalue weighted by atomic mass is 10.1. The van der Waals surface area contributed by atoms with Crippen LogP contribution in [0, 0.1) is 6.92 Å². The second kappa shape index (κ2) is 9.86. The van der Waals surface area contributed by atoms with E-state index in [9.17, 15) is 22.8 Å². The second-order valence-corrected chi connectivity index (χ2v) is 8.78. The zero-order chi connectivity index (χ0) is 26.0. The molecule has 0 atom stereocenters. The number of aromatic nitrogens is 1. The smallest absolute Gasteiger partial charge is 0.433 e. The molecule has 0 fully saturated rings. The van der Waals surface area contributed by atoms with E-state index in [2.05, 4.69) is 16.9 Å². The molecule has 4 rings (SSSR count). The zero-order valence-electron chi connectivity index (χ0n) is 18.9. The normalized spacial score (nSPS) is 11.4. The van der Waals surface area contributed by atoms with E-state index in [1.807, 2.05) is 24.3 Å². The largest absolute Gasteiger partial charge is 0.485 e. The van der Waals surface area contributed by atoms with Gasteiger partial charge in [-0.05, 0) is 48.7 Å². The van der Waals surface area contributed by atoms with Gasteiger partial charge < -0.3 is 20.2 Å². The highest BCUT2D eigenvalue weighted by Crippen LogP contribution is 2.40. The van der Waals surface area contributed by atoms with E-state index in [0.29, 0.717) is 29.3 Å². The minimum Gasteiger partial charge on any atom is -0.485 e. The van der Waals surface area contributed by atoms with Crippen molar-refractivity contribution < 1.29 is 31.9 Å². The first kappa shape index (κ1) is 25.0. The number of pyridine rings is 1. The lowest BCUT2D eigenvalue weighted by molar-refractivity contribution is -0.141. The molecule has 0 saturated carbocycles. The Labute approximate surface area is 207 Å². The number of carbonyl (C=O) groups is 2. The number of allylic oxidation sites excluding steroid dienone is 1. The minimum absolute atomic E-state index is 0.0150. The first-order chi connectivity index (χ1) is 17.1. The Morgan fingerprint density at radius 3 is 2.69 bits per heavy atom. The molecule has 0 saturated heterocycles. The number of primary amides is 1. The van der Waals surface area contributed by atoms with Gasteiger partial charge in [0.2, 0.25) is 0 Å². The van der Waals surface area contributed by atoms with E-state index < -0.39 is 23.7 Å². The number of furan rings is 1. The fraction of sp³-hybridized carbons (Fsp3) is 0.160. The van der Waals surface area contributed by atoms with Crippen molar-refractivity contribution in [3.63, 3.8) is 0 Å². The molecule has 0 spiro atoms. The number of aryl methyl sites for hydroxylation is 1. The summed E-state index contributed by atoms with van der Waals surface area (Å²) >= 11 is 0.672. The molecule has 0 aliphatic carbocycles. The van der Waals surface area contributed by atoms with E-state index in [1.54, 1.807) is 12.1 Å². The Morgan fingerprint density at radius 1 is 1.25 bits per heavy atom. The quantitative estimate of drug-likeness (QED) is 0.285. The van der Waals surface area contributed by atoms with Crippen LogP contribution in [0.2, 0.25) is 0 Å². The van der Waals surface area contributed by atoms with Crippen LogP contribution in [0.3, 0.4) is 0 Å². The van der Waals surface area contributed by atoms with Crippen molar-refractivity contribution in [1.82, 2.24) is 4.98 Å². The Hall–Kier alpha value is -4.12. The monoisotopic (exact) mass is 515 g/mol. The summed E-state index contributed by atoms with van der Waals surface area (Å²) in [5, 5.41) is 2.75. The fourth-order valence-electron chi connectivity index (χ4n) is 3.59. The number of nitrogens with zero attached hydrogens (tertiary/aromatic N) is 1. The van der Waals surface area contributed by atoms with Gasteiger partial charge in [-0.15, -0.1) is 17.9 Å². The number of hydrogen-bond acceptors (Lipinski definition) is 6. The van der Waals surface area contributed by atoms with Gasteiger partial charge in [-0.25, -0.2) is 4.98 Å². The van der Waals surface area contributed by atoms with Gasteiger partial charge in [0.1, 0.15) is 33.5 Å². The number of alkyl halides is 3. The van der Waals surface area contributed by atoms with Gasteiger partial charge in [0.05, 0.1) is 5.69 Å². The molecule has 3 heterocycles. The highest BCUT2D eigenvalue weighted by molar-refractivity contribution is 7.21. The molecule has 11 heteroatoms. The van der Waals surface area contributed by atoms with Crippen LogP contribution >= 0.6 is 11.3 Å². The van der Waals surface area contributed by atoms with Crippen molar-refractivity contribution in [3.8, 4) is 5.75 Å². The summed E-state index contributed by atoms with van der Waals surface area (Å²) in [7, 11) is 0. The Bertz CT molecular complexity index is 1470. The molecule has 3 N–H and O–H groups in total. The van der Waals surface area contributed by atoms with Gasteiger partial charge >= 0.3 is 6.18 Å². The van der Waals surface area contributed by atoms with Gasteiger partial charge in [-0.2, -0.15) is 13.2 Å². The van der Waals surface area contributed by atoms with Crippen LogP contribution in [-0.4, -0.2) is 16.8 Å². The zero-order valence-corrected chi connectivity index (χ0v) is 19.8. The van der Waals surface area contributed by atoms with Crippen molar-refractivity contribution in [2.75, 3.05) is 5.32 Å². The van der Waals surface area contributed by atoms with Crippen LogP contribution < -0.4 is 15.8 Å². The summed E-state index contributed by atoms with van der Waals surface area (Å²) in [6.07, 6.45) is -2.29. The number of carbonyl (C=O) groups excluding carboxylic acids is 2. The molecule has 0 unspecified atom stereocenters. The van der Waals surface area contributed by atoms with Crippen LogP contribution in [0.25, 0.3) is 10.2 Å².